The van der Waals surface area contributed by atoms with Crippen molar-refractivity contribution in [2.75, 3.05) is 0 Å². The Bertz CT molecular complexity index is 335. The van der Waals surface area contributed by atoms with Crippen molar-refractivity contribution in [2.45, 2.75) is 57.7 Å². The number of rotatable bonds is 2. The van der Waals surface area contributed by atoms with Crippen LogP contribution in [0.3, 0.4) is 0 Å². The Morgan fingerprint density at radius 2 is 1.81 bits per heavy atom. The average Bonchev–Trinajstić information content (AvgIpc) is 2.49. The summed E-state index contributed by atoms with van der Waals surface area (Å²) in [7, 11) is 0. The van der Waals surface area contributed by atoms with E-state index in [9.17, 15) is 0 Å². The van der Waals surface area contributed by atoms with E-state index in [1.807, 2.05) is 11.3 Å². The third-order valence-corrected chi connectivity index (χ3v) is 5.58. The van der Waals surface area contributed by atoms with Crippen LogP contribution >= 0.6 is 22.9 Å². The van der Waals surface area contributed by atoms with E-state index in [0.717, 1.165) is 0 Å². The van der Waals surface area contributed by atoms with Crippen molar-refractivity contribution in [1.82, 2.24) is 0 Å². The van der Waals surface area contributed by atoms with Gasteiger partial charge in [-0.2, -0.15) is 0 Å². The Kier molecular flexibility index (Phi) is 4.32. The number of hydrogen-bond acceptors (Lipinski definition) is 1. The predicted octanol–water partition coefficient (Wildman–Crippen LogP) is 5.62. The van der Waals surface area contributed by atoms with Crippen LogP contribution in [0.15, 0.2) is 6.07 Å². The monoisotopic (exact) mass is 256 g/mol. The fraction of sp³-hybridized carbons (Fsp3) is 0.714. The van der Waals surface area contributed by atoms with E-state index in [4.69, 9.17) is 11.6 Å². The van der Waals surface area contributed by atoms with Gasteiger partial charge in [0, 0.05) is 9.75 Å². The van der Waals surface area contributed by atoms with Crippen LogP contribution in [0.4, 0.5) is 0 Å². The third kappa shape index (κ3) is 2.81. The zero-order valence-electron chi connectivity index (χ0n) is 10.3. The van der Waals surface area contributed by atoms with Gasteiger partial charge in [0.25, 0.3) is 0 Å². The number of aryl methyl sites for hydroxylation is 2. The van der Waals surface area contributed by atoms with Gasteiger partial charge in [-0.15, -0.1) is 22.9 Å². The molecule has 16 heavy (non-hydrogen) atoms. The van der Waals surface area contributed by atoms with Crippen molar-refractivity contribution in [3.05, 3.63) is 21.4 Å². The molecule has 0 amide bonds. The predicted molar refractivity (Wildman–Crippen MR) is 73.6 cm³/mol. The Morgan fingerprint density at radius 1 is 1.19 bits per heavy atom. The molecule has 0 saturated heterocycles. The van der Waals surface area contributed by atoms with Crippen molar-refractivity contribution in [3.8, 4) is 0 Å². The van der Waals surface area contributed by atoms with Crippen LogP contribution in [0.2, 0.25) is 0 Å². The second-order valence-corrected chi connectivity index (χ2v) is 6.82. The number of alkyl halides is 1. The van der Waals surface area contributed by atoms with Crippen LogP contribution in [0, 0.1) is 19.8 Å². The fourth-order valence-corrected chi connectivity index (χ4v) is 4.42. The maximum absolute atomic E-state index is 6.69. The lowest BCUT2D eigenvalue weighted by Gasteiger charge is -2.20. The number of halogens is 1. The highest BCUT2D eigenvalue weighted by Crippen LogP contribution is 2.42. The molecule has 1 saturated carbocycles. The third-order valence-electron chi connectivity index (χ3n) is 3.64. The summed E-state index contributed by atoms with van der Waals surface area (Å²) < 4.78 is 0. The van der Waals surface area contributed by atoms with Crippen LogP contribution in [0.25, 0.3) is 0 Å². The van der Waals surface area contributed by atoms with Gasteiger partial charge in [0.15, 0.2) is 0 Å². The summed E-state index contributed by atoms with van der Waals surface area (Å²) in [5, 5.41) is 0.261. The van der Waals surface area contributed by atoms with Gasteiger partial charge in [0.05, 0.1) is 5.38 Å². The van der Waals surface area contributed by atoms with E-state index in [0.29, 0.717) is 5.92 Å². The molecule has 1 aliphatic rings. The van der Waals surface area contributed by atoms with E-state index in [2.05, 4.69) is 19.9 Å². The van der Waals surface area contributed by atoms with Gasteiger partial charge in [0.1, 0.15) is 0 Å². The minimum Gasteiger partial charge on any atom is -0.144 e. The zero-order chi connectivity index (χ0) is 11.5. The van der Waals surface area contributed by atoms with Gasteiger partial charge in [-0.3, -0.25) is 0 Å². The molecule has 1 aromatic heterocycles. The normalized spacial score (nSPS) is 20.7. The Labute approximate surface area is 108 Å². The lowest BCUT2D eigenvalue weighted by atomic mass is 9.94. The molecular weight excluding hydrogens is 236 g/mol. The maximum Gasteiger partial charge on any atom is 0.0709 e. The van der Waals surface area contributed by atoms with Gasteiger partial charge in [-0.25, -0.2) is 0 Å². The molecular formula is C14H21ClS. The standard InChI is InChI=1S/C14H21ClS/c1-10-9-11(2)16-14(10)13(15)12-7-5-3-4-6-8-12/h9,12-13H,3-8H2,1-2H3. The van der Waals surface area contributed by atoms with Crippen molar-refractivity contribution in [2.24, 2.45) is 5.92 Å². The Morgan fingerprint density at radius 3 is 2.31 bits per heavy atom. The molecule has 0 nitrogen and oxygen atoms in total. The second kappa shape index (κ2) is 5.55. The van der Waals surface area contributed by atoms with Crippen molar-refractivity contribution < 1.29 is 0 Å². The van der Waals surface area contributed by atoms with Gasteiger partial charge in [0.2, 0.25) is 0 Å². The average molecular weight is 257 g/mol. The summed E-state index contributed by atoms with van der Waals surface area (Å²) in [4.78, 5) is 2.82. The van der Waals surface area contributed by atoms with Crippen LogP contribution in [-0.2, 0) is 0 Å². The van der Waals surface area contributed by atoms with Crippen LogP contribution in [0.5, 0.6) is 0 Å². The molecule has 0 bridgehead atoms. The lowest BCUT2D eigenvalue weighted by molar-refractivity contribution is 0.447. The minimum atomic E-state index is 0.261. The van der Waals surface area contributed by atoms with E-state index in [1.165, 1.54) is 53.8 Å². The van der Waals surface area contributed by atoms with Gasteiger partial charge >= 0.3 is 0 Å². The first-order valence-electron chi connectivity index (χ1n) is 6.39. The first-order chi connectivity index (χ1) is 7.68. The topological polar surface area (TPSA) is 0 Å². The fourth-order valence-electron chi connectivity index (χ4n) is 2.75. The van der Waals surface area contributed by atoms with E-state index < -0.39 is 0 Å². The molecule has 1 heterocycles. The zero-order valence-corrected chi connectivity index (χ0v) is 11.8. The van der Waals surface area contributed by atoms with Gasteiger partial charge in [-0.1, -0.05) is 25.7 Å². The summed E-state index contributed by atoms with van der Waals surface area (Å²) in [5.74, 6) is 0.709. The summed E-state index contributed by atoms with van der Waals surface area (Å²) in [5.41, 5.74) is 1.40. The molecule has 0 spiro atoms. The number of hydrogen-bond donors (Lipinski definition) is 0. The van der Waals surface area contributed by atoms with E-state index in [-0.39, 0.29) is 5.38 Å². The van der Waals surface area contributed by atoms with Crippen LogP contribution in [0.1, 0.15) is 59.2 Å². The highest BCUT2D eigenvalue weighted by atomic mass is 35.5. The quantitative estimate of drug-likeness (QED) is 0.476. The van der Waals surface area contributed by atoms with E-state index in [1.54, 1.807) is 0 Å². The van der Waals surface area contributed by atoms with Crippen molar-refractivity contribution >= 4 is 22.9 Å². The van der Waals surface area contributed by atoms with Gasteiger partial charge < -0.3 is 0 Å². The number of thiophene rings is 1. The van der Waals surface area contributed by atoms with Crippen molar-refractivity contribution in [3.63, 3.8) is 0 Å². The summed E-state index contributed by atoms with van der Waals surface area (Å²) in [6, 6.07) is 2.27. The lowest BCUT2D eigenvalue weighted by Crippen LogP contribution is -2.06. The molecule has 0 aromatic carbocycles. The Balaban J connectivity index is 2.10. The highest BCUT2D eigenvalue weighted by molar-refractivity contribution is 7.12. The van der Waals surface area contributed by atoms with Crippen LogP contribution < -0.4 is 0 Å². The molecule has 1 fully saturated rings. The van der Waals surface area contributed by atoms with E-state index >= 15 is 0 Å². The molecule has 90 valence electrons. The second-order valence-electron chi connectivity index (χ2n) is 5.06. The first kappa shape index (κ1) is 12.4. The molecule has 2 heteroatoms. The largest absolute Gasteiger partial charge is 0.144 e. The van der Waals surface area contributed by atoms with Gasteiger partial charge in [-0.05, 0) is 44.2 Å². The molecule has 1 atom stereocenters. The summed E-state index contributed by atoms with van der Waals surface area (Å²) in [6.45, 7) is 4.38. The molecule has 0 N–H and O–H groups in total. The smallest absolute Gasteiger partial charge is 0.0709 e. The van der Waals surface area contributed by atoms with Crippen LogP contribution in [-0.4, -0.2) is 0 Å². The maximum atomic E-state index is 6.69. The Hall–Kier alpha value is -0.0100. The molecule has 1 unspecified atom stereocenters. The SMILES string of the molecule is Cc1cc(C)c(C(Cl)C2CCCCCC2)s1. The molecule has 0 aliphatic heterocycles. The summed E-state index contributed by atoms with van der Waals surface area (Å²) >= 11 is 8.58. The van der Waals surface area contributed by atoms with Crippen molar-refractivity contribution in [1.29, 1.82) is 0 Å². The molecule has 1 aromatic rings. The minimum absolute atomic E-state index is 0.261. The highest BCUT2D eigenvalue weighted by Gasteiger charge is 2.24. The first-order valence-corrected chi connectivity index (χ1v) is 7.65. The molecule has 1 aliphatic carbocycles. The molecule has 2 rings (SSSR count). The molecule has 0 radical (unpaired) electrons. The summed E-state index contributed by atoms with van der Waals surface area (Å²) in [6.07, 6.45) is 8.20.